The molecule has 6 heteroatoms. The number of furan rings is 1. The maximum atomic E-state index is 13.0. The second-order valence-electron chi connectivity index (χ2n) is 6.60. The third kappa shape index (κ3) is 3.19. The van der Waals surface area contributed by atoms with E-state index < -0.39 is 0 Å². The molecule has 4 heterocycles. The Morgan fingerprint density at radius 1 is 1.36 bits per heavy atom. The molecule has 0 aliphatic carbocycles. The Morgan fingerprint density at radius 3 is 2.96 bits per heavy atom. The molecule has 0 aromatic carbocycles. The second-order valence-corrected chi connectivity index (χ2v) is 6.60. The second kappa shape index (κ2) is 6.98. The molecule has 6 nitrogen and oxygen atoms in total. The SMILES string of the molecule is Cc1occc1C(=O)N1C[C@@H](OCc2ccncc2)[C@@H]2OCCC[C@@H]21. The van der Waals surface area contributed by atoms with Crippen LogP contribution in [0.3, 0.4) is 0 Å². The molecule has 0 unspecified atom stereocenters. The van der Waals surface area contributed by atoms with Crippen LogP contribution in [-0.2, 0) is 16.1 Å². The van der Waals surface area contributed by atoms with Crippen LogP contribution < -0.4 is 0 Å². The number of hydrogen-bond acceptors (Lipinski definition) is 5. The molecule has 2 aromatic rings. The monoisotopic (exact) mass is 342 g/mol. The van der Waals surface area contributed by atoms with Crippen molar-refractivity contribution in [3.63, 3.8) is 0 Å². The number of carbonyl (C=O) groups is 1. The number of aromatic nitrogens is 1. The van der Waals surface area contributed by atoms with Gasteiger partial charge in [0.25, 0.3) is 5.91 Å². The van der Waals surface area contributed by atoms with Crippen LogP contribution in [0.4, 0.5) is 0 Å². The number of carbonyl (C=O) groups excluding carboxylic acids is 1. The van der Waals surface area contributed by atoms with Crippen molar-refractivity contribution in [2.45, 2.75) is 44.6 Å². The third-order valence-corrected chi connectivity index (χ3v) is 5.04. The summed E-state index contributed by atoms with van der Waals surface area (Å²) in [5.74, 6) is 0.654. The zero-order valence-electron chi connectivity index (χ0n) is 14.3. The van der Waals surface area contributed by atoms with Gasteiger partial charge < -0.3 is 18.8 Å². The Morgan fingerprint density at radius 2 is 2.20 bits per heavy atom. The fraction of sp³-hybridized carbons (Fsp3) is 0.474. The van der Waals surface area contributed by atoms with Crippen molar-refractivity contribution < 1.29 is 18.7 Å². The molecule has 4 rings (SSSR count). The molecule has 2 aromatic heterocycles. The maximum absolute atomic E-state index is 13.0. The number of pyridine rings is 1. The Hall–Kier alpha value is -2.18. The van der Waals surface area contributed by atoms with Crippen LogP contribution in [-0.4, -0.2) is 47.2 Å². The van der Waals surface area contributed by atoms with Crippen LogP contribution in [0, 0.1) is 6.92 Å². The average Bonchev–Trinajstić information content (AvgIpc) is 3.24. The van der Waals surface area contributed by atoms with Crippen LogP contribution in [0.15, 0.2) is 41.3 Å². The van der Waals surface area contributed by atoms with E-state index in [-0.39, 0.29) is 24.2 Å². The topological polar surface area (TPSA) is 64.8 Å². The van der Waals surface area contributed by atoms with Gasteiger partial charge in [0.1, 0.15) is 18.0 Å². The summed E-state index contributed by atoms with van der Waals surface area (Å²) in [4.78, 5) is 18.9. The lowest BCUT2D eigenvalue weighted by Crippen LogP contribution is -2.43. The van der Waals surface area contributed by atoms with E-state index in [1.165, 1.54) is 0 Å². The lowest BCUT2D eigenvalue weighted by Gasteiger charge is -2.32. The van der Waals surface area contributed by atoms with Crippen molar-refractivity contribution in [1.29, 1.82) is 0 Å². The van der Waals surface area contributed by atoms with Crippen molar-refractivity contribution in [1.82, 2.24) is 9.88 Å². The number of rotatable bonds is 4. The fourth-order valence-corrected chi connectivity index (χ4v) is 3.73. The normalized spacial score (nSPS) is 25.8. The van der Waals surface area contributed by atoms with Gasteiger partial charge >= 0.3 is 0 Å². The highest BCUT2D eigenvalue weighted by Crippen LogP contribution is 2.32. The molecular weight excluding hydrogens is 320 g/mol. The van der Waals surface area contributed by atoms with Gasteiger partial charge in [-0.25, -0.2) is 0 Å². The molecule has 2 aliphatic rings. The number of aryl methyl sites for hydroxylation is 1. The molecule has 0 radical (unpaired) electrons. The van der Waals surface area contributed by atoms with Gasteiger partial charge in [0.2, 0.25) is 0 Å². The molecule has 3 atom stereocenters. The van der Waals surface area contributed by atoms with E-state index in [4.69, 9.17) is 13.9 Å². The van der Waals surface area contributed by atoms with Crippen LogP contribution in [0.1, 0.15) is 34.5 Å². The molecular formula is C19H22N2O4. The molecule has 0 bridgehead atoms. The average molecular weight is 342 g/mol. The number of amides is 1. The maximum Gasteiger partial charge on any atom is 0.257 e. The van der Waals surface area contributed by atoms with Gasteiger partial charge in [-0.15, -0.1) is 0 Å². The highest BCUT2D eigenvalue weighted by atomic mass is 16.5. The van der Waals surface area contributed by atoms with Gasteiger partial charge in [0.05, 0.1) is 31.0 Å². The number of nitrogens with zero attached hydrogens (tertiary/aromatic N) is 2. The van der Waals surface area contributed by atoms with Crippen molar-refractivity contribution >= 4 is 5.91 Å². The molecule has 0 spiro atoms. The predicted octanol–water partition coefficient (Wildman–Crippen LogP) is 2.57. The molecule has 0 N–H and O–H groups in total. The van der Waals surface area contributed by atoms with Crippen molar-refractivity contribution in [3.05, 3.63) is 53.7 Å². The lowest BCUT2D eigenvalue weighted by molar-refractivity contribution is -0.0809. The third-order valence-electron chi connectivity index (χ3n) is 5.04. The summed E-state index contributed by atoms with van der Waals surface area (Å²) in [7, 11) is 0. The highest BCUT2D eigenvalue weighted by molar-refractivity contribution is 5.95. The van der Waals surface area contributed by atoms with E-state index in [1.807, 2.05) is 24.0 Å². The minimum Gasteiger partial charge on any atom is -0.469 e. The van der Waals surface area contributed by atoms with Gasteiger partial charge in [-0.3, -0.25) is 9.78 Å². The molecule has 0 saturated carbocycles. The van der Waals surface area contributed by atoms with Crippen molar-refractivity contribution in [2.75, 3.05) is 13.2 Å². The molecule has 2 saturated heterocycles. The first kappa shape index (κ1) is 16.3. The fourth-order valence-electron chi connectivity index (χ4n) is 3.73. The summed E-state index contributed by atoms with van der Waals surface area (Å²) in [6.45, 7) is 3.58. The number of hydrogen-bond donors (Lipinski definition) is 0. The van der Waals surface area contributed by atoms with Crippen LogP contribution in [0.2, 0.25) is 0 Å². The van der Waals surface area contributed by atoms with E-state index in [0.29, 0.717) is 24.5 Å². The molecule has 25 heavy (non-hydrogen) atoms. The van der Waals surface area contributed by atoms with E-state index in [2.05, 4.69) is 4.98 Å². The van der Waals surface area contributed by atoms with Gasteiger partial charge in [0.15, 0.2) is 0 Å². The minimum absolute atomic E-state index is 0.00163. The number of ether oxygens (including phenoxy) is 2. The Balaban J connectivity index is 1.49. The Kier molecular flexibility index (Phi) is 4.55. The van der Waals surface area contributed by atoms with Crippen molar-refractivity contribution in [2.24, 2.45) is 0 Å². The first-order valence-corrected chi connectivity index (χ1v) is 8.71. The first-order chi connectivity index (χ1) is 12.2. The molecule has 2 fully saturated rings. The Bertz CT molecular complexity index is 730. The highest BCUT2D eigenvalue weighted by Gasteiger charge is 2.47. The summed E-state index contributed by atoms with van der Waals surface area (Å²) < 4.78 is 17.4. The zero-order chi connectivity index (χ0) is 17.2. The van der Waals surface area contributed by atoms with Crippen LogP contribution in [0.25, 0.3) is 0 Å². The van der Waals surface area contributed by atoms with E-state index >= 15 is 0 Å². The van der Waals surface area contributed by atoms with Crippen molar-refractivity contribution in [3.8, 4) is 0 Å². The summed E-state index contributed by atoms with van der Waals surface area (Å²) in [6.07, 6.45) is 6.80. The van der Waals surface area contributed by atoms with Gasteiger partial charge in [0, 0.05) is 19.0 Å². The van der Waals surface area contributed by atoms with Gasteiger partial charge in [-0.2, -0.15) is 0 Å². The molecule has 132 valence electrons. The standard InChI is InChI=1S/C19H22N2O4/c1-13-15(6-10-23-13)19(22)21-11-17(18-16(21)3-2-9-24-18)25-12-14-4-7-20-8-5-14/h4-8,10,16-18H,2-3,9,11-12H2,1H3/t16-,17+,18+/m0/s1. The predicted molar refractivity (Wildman–Crippen MR) is 90.1 cm³/mol. The minimum atomic E-state index is -0.116. The first-order valence-electron chi connectivity index (χ1n) is 8.71. The lowest BCUT2D eigenvalue weighted by atomic mass is 10.0. The molecule has 2 aliphatic heterocycles. The summed E-state index contributed by atoms with van der Waals surface area (Å²) in [6, 6.07) is 5.68. The largest absolute Gasteiger partial charge is 0.469 e. The van der Waals surface area contributed by atoms with E-state index in [9.17, 15) is 4.79 Å². The van der Waals surface area contributed by atoms with Gasteiger partial charge in [-0.05, 0) is 43.5 Å². The van der Waals surface area contributed by atoms with E-state index in [1.54, 1.807) is 24.7 Å². The number of fused-ring (bicyclic) bond motifs is 1. The quantitative estimate of drug-likeness (QED) is 0.854. The molecule has 1 amide bonds. The summed E-state index contributed by atoms with van der Waals surface area (Å²) in [5, 5.41) is 0. The smallest absolute Gasteiger partial charge is 0.257 e. The van der Waals surface area contributed by atoms with Crippen LogP contribution in [0.5, 0.6) is 0 Å². The van der Waals surface area contributed by atoms with Gasteiger partial charge in [-0.1, -0.05) is 0 Å². The van der Waals surface area contributed by atoms with E-state index in [0.717, 1.165) is 25.0 Å². The van der Waals surface area contributed by atoms with Crippen LogP contribution >= 0.6 is 0 Å². The number of likely N-dealkylation sites (tertiary alicyclic amines) is 1. The zero-order valence-corrected chi connectivity index (χ0v) is 14.3. The summed E-state index contributed by atoms with van der Waals surface area (Å²) in [5.41, 5.74) is 1.69. The summed E-state index contributed by atoms with van der Waals surface area (Å²) >= 11 is 0. The Labute approximate surface area is 146 Å².